The molecule has 1 atom stereocenters. The molecule has 1 aromatic heterocycles. The summed E-state index contributed by atoms with van der Waals surface area (Å²) >= 11 is 1.70. The fourth-order valence-electron chi connectivity index (χ4n) is 2.19. The molecule has 0 aliphatic heterocycles. The number of thiazole rings is 1. The molecule has 2 aromatic rings. The maximum Gasteiger partial charge on any atom is 0.191 e. The third-order valence-corrected chi connectivity index (χ3v) is 4.22. The highest BCUT2D eigenvalue weighted by Crippen LogP contribution is 2.16. The molecule has 0 saturated heterocycles. The minimum absolute atomic E-state index is 0. The number of guanidine groups is 1. The number of benzene rings is 1. The zero-order chi connectivity index (χ0) is 15.2. The van der Waals surface area contributed by atoms with E-state index < -0.39 is 0 Å². The average Bonchev–Trinajstić information content (AvgIpc) is 2.89. The second-order valence-corrected chi connectivity index (χ2v) is 6.33. The van der Waals surface area contributed by atoms with Crippen LogP contribution in [0, 0.1) is 13.8 Å². The Morgan fingerprint density at radius 2 is 2.05 bits per heavy atom. The molecule has 0 saturated carbocycles. The molecule has 0 fully saturated rings. The Bertz CT molecular complexity index is 624. The number of nitrogens with one attached hydrogen (secondary N) is 2. The fourth-order valence-corrected chi connectivity index (χ4v) is 2.92. The third-order valence-electron chi connectivity index (χ3n) is 3.31. The fraction of sp³-hybridized carbons (Fsp3) is 0.375. The van der Waals surface area contributed by atoms with Gasteiger partial charge in [-0.25, -0.2) is 4.98 Å². The lowest BCUT2D eigenvalue weighted by molar-refractivity contribution is 0.681. The summed E-state index contributed by atoms with van der Waals surface area (Å²) in [6.45, 7) is 7.03. The molecule has 1 heterocycles. The molecule has 4 nitrogen and oxygen atoms in total. The summed E-state index contributed by atoms with van der Waals surface area (Å²) < 4.78 is 0. The SMILES string of the molecule is CN=C(NCc1ncc(C)s1)NC(C)c1ccccc1C.I. The van der Waals surface area contributed by atoms with Crippen molar-refractivity contribution in [2.75, 3.05) is 7.05 Å². The van der Waals surface area contributed by atoms with Crippen molar-refractivity contribution in [2.45, 2.75) is 33.4 Å². The second kappa shape index (κ2) is 9.09. The first kappa shape index (κ1) is 18.9. The summed E-state index contributed by atoms with van der Waals surface area (Å²) in [4.78, 5) is 9.85. The molecule has 120 valence electrons. The van der Waals surface area contributed by atoms with E-state index in [4.69, 9.17) is 0 Å². The van der Waals surface area contributed by atoms with Gasteiger partial charge in [0.1, 0.15) is 5.01 Å². The van der Waals surface area contributed by atoms with Crippen molar-refractivity contribution in [3.8, 4) is 0 Å². The van der Waals surface area contributed by atoms with Gasteiger partial charge in [0.25, 0.3) is 0 Å². The summed E-state index contributed by atoms with van der Waals surface area (Å²) in [5.74, 6) is 0.790. The van der Waals surface area contributed by atoms with E-state index in [9.17, 15) is 0 Å². The molecule has 0 aliphatic carbocycles. The van der Waals surface area contributed by atoms with E-state index in [1.165, 1.54) is 16.0 Å². The van der Waals surface area contributed by atoms with Crippen LogP contribution in [-0.2, 0) is 6.54 Å². The van der Waals surface area contributed by atoms with Gasteiger partial charge in [-0.1, -0.05) is 24.3 Å². The van der Waals surface area contributed by atoms with Crippen LogP contribution in [0.5, 0.6) is 0 Å². The summed E-state index contributed by atoms with van der Waals surface area (Å²) in [5, 5.41) is 7.79. The molecule has 2 rings (SSSR count). The quantitative estimate of drug-likeness (QED) is 0.441. The number of rotatable bonds is 4. The van der Waals surface area contributed by atoms with Crippen LogP contribution in [-0.4, -0.2) is 18.0 Å². The van der Waals surface area contributed by atoms with Gasteiger partial charge in [0, 0.05) is 18.1 Å². The van der Waals surface area contributed by atoms with E-state index in [0.717, 1.165) is 11.0 Å². The van der Waals surface area contributed by atoms with Gasteiger partial charge < -0.3 is 10.6 Å². The lowest BCUT2D eigenvalue weighted by Crippen LogP contribution is -2.38. The average molecular weight is 430 g/mol. The van der Waals surface area contributed by atoms with Gasteiger partial charge in [0.2, 0.25) is 0 Å². The molecule has 0 spiro atoms. The lowest BCUT2D eigenvalue weighted by Gasteiger charge is -2.19. The molecule has 0 radical (unpaired) electrons. The Kier molecular flexibility index (Phi) is 7.81. The van der Waals surface area contributed by atoms with Gasteiger partial charge in [-0.05, 0) is 31.9 Å². The first-order valence-electron chi connectivity index (χ1n) is 7.04. The van der Waals surface area contributed by atoms with Gasteiger partial charge >= 0.3 is 0 Å². The Morgan fingerprint density at radius 3 is 2.64 bits per heavy atom. The summed E-state index contributed by atoms with van der Waals surface area (Å²) in [6, 6.07) is 8.60. The minimum atomic E-state index is 0. The Balaban J connectivity index is 0.00000242. The number of hydrogen-bond donors (Lipinski definition) is 2. The van der Waals surface area contributed by atoms with E-state index in [0.29, 0.717) is 6.54 Å². The number of aryl methyl sites for hydroxylation is 2. The van der Waals surface area contributed by atoms with Crippen LogP contribution in [0.4, 0.5) is 0 Å². The van der Waals surface area contributed by atoms with Crippen molar-refractivity contribution >= 4 is 41.3 Å². The number of halogens is 1. The van der Waals surface area contributed by atoms with Crippen LogP contribution in [0.25, 0.3) is 0 Å². The minimum Gasteiger partial charge on any atom is -0.350 e. The van der Waals surface area contributed by atoms with Gasteiger partial charge in [0.15, 0.2) is 5.96 Å². The van der Waals surface area contributed by atoms with Crippen molar-refractivity contribution < 1.29 is 0 Å². The van der Waals surface area contributed by atoms with Crippen LogP contribution >= 0.6 is 35.3 Å². The highest BCUT2D eigenvalue weighted by molar-refractivity contribution is 14.0. The lowest BCUT2D eigenvalue weighted by atomic mass is 10.0. The molecule has 1 unspecified atom stereocenters. The highest BCUT2D eigenvalue weighted by atomic mass is 127. The Morgan fingerprint density at radius 1 is 1.32 bits per heavy atom. The van der Waals surface area contributed by atoms with E-state index in [1.54, 1.807) is 18.4 Å². The maximum absolute atomic E-state index is 4.35. The van der Waals surface area contributed by atoms with E-state index in [1.807, 2.05) is 6.20 Å². The zero-order valence-corrected chi connectivity index (χ0v) is 16.5. The predicted molar refractivity (Wildman–Crippen MR) is 105 cm³/mol. The van der Waals surface area contributed by atoms with Crippen molar-refractivity contribution in [3.05, 3.63) is 51.5 Å². The predicted octanol–water partition coefficient (Wildman–Crippen LogP) is 3.80. The Hall–Kier alpha value is -1.15. The molecule has 22 heavy (non-hydrogen) atoms. The van der Waals surface area contributed by atoms with Gasteiger partial charge in [-0.3, -0.25) is 4.99 Å². The van der Waals surface area contributed by atoms with Crippen molar-refractivity contribution in [2.24, 2.45) is 4.99 Å². The summed E-state index contributed by atoms with van der Waals surface area (Å²) in [5.41, 5.74) is 2.56. The standard InChI is InChI=1S/C16H22N4S.HI/c1-11-7-5-6-8-14(11)13(3)20-16(17-4)19-10-15-18-9-12(2)21-15;/h5-9,13H,10H2,1-4H3,(H2,17,19,20);1H. The maximum atomic E-state index is 4.35. The van der Waals surface area contributed by atoms with E-state index >= 15 is 0 Å². The molecule has 2 N–H and O–H groups in total. The summed E-state index contributed by atoms with van der Waals surface area (Å²) in [6.07, 6.45) is 1.90. The molecule has 1 aromatic carbocycles. The van der Waals surface area contributed by atoms with Crippen molar-refractivity contribution in [1.82, 2.24) is 15.6 Å². The molecular weight excluding hydrogens is 407 g/mol. The molecule has 0 bridgehead atoms. The summed E-state index contributed by atoms with van der Waals surface area (Å²) in [7, 11) is 1.78. The smallest absolute Gasteiger partial charge is 0.191 e. The van der Waals surface area contributed by atoms with E-state index in [-0.39, 0.29) is 30.0 Å². The monoisotopic (exact) mass is 430 g/mol. The molecule has 6 heteroatoms. The van der Waals surface area contributed by atoms with E-state index in [2.05, 4.69) is 65.6 Å². The van der Waals surface area contributed by atoms with Crippen LogP contribution in [0.1, 0.15) is 34.0 Å². The normalized spacial score (nSPS) is 12.5. The topological polar surface area (TPSA) is 49.3 Å². The molecule has 0 aliphatic rings. The second-order valence-electron chi connectivity index (χ2n) is 5.01. The Labute approximate surface area is 153 Å². The van der Waals surface area contributed by atoms with Crippen molar-refractivity contribution in [1.29, 1.82) is 0 Å². The first-order valence-corrected chi connectivity index (χ1v) is 7.86. The zero-order valence-electron chi connectivity index (χ0n) is 13.4. The third kappa shape index (κ3) is 5.24. The van der Waals surface area contributed by atoms with Crippen LogP contribution in [0.3, 0.4) is 0 Å². The number of aromatic nitrogens is 1. The van der Waals surface area contributed by atoms with Crippen LogP contribution in [0.2, 0.25) is 0 Å². The number of aliphatic imine (C=N–C) groups is 1. The van der Waals surface area contributed by atoms with Gasteiger partial charge in [0.05, 0.1) is 12.6 Å². The van der Waals surface area contributed by atoms with Gasteiger partial charge in [-0.2, -0.15) is 0 Å². The van der Waals surface area contributed by atoms with Crippen LogP contribution < -0.4 is 10.6 Å². The number of nitrogens with zero attached hydrogens (tertiary/aromatic N) is 2. The molecule has 0 amide bonds. The van der Waals surface area contributed by atoms with Gasteiger partial charge in [-0.15, -0.1) is 35.3 Å². The first-order chi connectivity index (χ1) is 10.1. The largest absolute Gasteiger partial charge is 0.350 e. The molecular formula is C16H23IN4S. The highest BCUT2D eigenvalue weighted by Gasteiger charge is 2.10. The van der Waals surface area contributed by atoms with Crippen molar-refractivity contribution in [3.63, 3.8) is 0 Å². The van der Waals surface area contributed by atoms with Crippen LogP contribution in [0.15, 0.2) is 35.5 Å². The number of hydrogen-bond acceptors (Lipinski definition) is 3.